The fraction of sp³-hybridized carbons (Fsp3) is 0.190. The Balaban J connectivity index is 1.57. The van der Waals surface area contributed by atoms with Gasteiger partial charge in [0, 0.05) is 24.2 Å². The zero-order valence-electron chi connectivity index (χ0n) is 15.0. The van der Waals surface area contributed by atoms with Gasteiger partial charge in [-0.2, -0.15) is 5.26 Å². The van der Waals surface area contributed by atoms with Crippen molar-refractivity contribution in [2.24, 2.45) is 5.92 Å². The van der Waals surface area contributed by atoms with E-state index in [0.29, 0.717) is 29.9 Å². The average molecular weight is 374 g/mol. The standard InChI is InChI=1S/C21H18N4O3/c22-10-9-17-19(16-3-1-2-4-18(16)24-21(17)28)25-11-13(12-25)20(27)23-14-5-7-15(26)8-6-14/h1-8,13,26H,9,11-12H2,(H,23,27)(H,24,28). The number of nitrogens with zero attached hydrogens (tertiary/aromatic N) is 2. The van der Waals surface area contributed by atoms with Crippen LogP contribution in [0.25, 0.3) is 10.9 Å². The monoisotopic (exact) mass is 374 g/mol. The van der Waals surface area contributed by atoms with Crippen molar-refractivity contribution in [3.63, 3.8) is 0 Å². The van der Waals surface area contributed by atoms with Crippen LogP contribution in [-0.4, -0.2) is 29.1 Å². The molecule has 2 aromatic carbocycles. The van der Waals surface area contributed by atoms with Gasteiger partial charge < -0.3 is 20.3 Å². The van der Waals surface area contributed by atoms with Gasteiger partial charge in [0.1, 0.15) is 5.75 Å². The normalized spacial score (nSPS) is 13.8. The summed E-state index contributed by atoms with van der Waals surface area (Å²) in [5.74, 6) is -0.196. The average Bonchev–Trinajstić information content (AvgIpc) is 2.64. The van der Waals surface area contributed by atoms with E-state index in [1.165, 1.54) is 12.1 Å². The first-order chi connectivity index (χ1) is 13.6. The lowest BCUT2D eigenvalue weighted by Gasteiger charge is -2.41. The fourth-order valence-corrected chi connectivity index (χ4v) is 3.49. The number of phenolic OH excluding ortho intramolecular Hbond substituents is 1. The predicted octanol–water partition coefficient (Wildman–Crippen LogP) is 2.37. The summed E-state index contributed by atoms with van der Waals surface area (Å²) in [6.07, 6.45) is 0.0103. The molecule has 2 heterocycles. The molecule has 0 bridgehead atoms. The molecule has 1 aliphatic rings. The quantitative estimate of drug-likeness (QED) is 0.608. The van der Waals surface area contributed by atoms with Crippen molar-refractivity contribution < 1.29 is 9.90 Å². The minimum Gasteiger partial charge on any atom is -0.508 e. The van der Waals surface area contributed by atoms with Gasteiger partial charge in [0.15, 0.2) is 0 Å². The number of benzene rings is 2. The third-order valence-electron chi connectivity index (χ3n) is 4.95. The minimum absolute atomic E-state index is 0.0103. The van der Waals surface area contributed by atoms with Crippen LogP contribution in [0.5, 0.6) is 5.75 Å². The Hall–Kier alpha value is -3.79. The summed E-state index contributed by atoms with van der Waals surface area (Å²) in [6, 6.07) is 15.8. The van der Waals surface area contributed by atoms with Crippen LogP contribution in [0.4, 0.5) is 11.4 Å². The van der Waals surface area contributed by atoms with Crippen molar-refractivity contribution in [2.45, 2.75) is 6.42 Å². The number of nitriles is 1. The molecule has 0 spiro atoms. The van der Waals surface area contributed by atoms with Crippen LogP contribution in [-0.2, 0) is 11.2 Å². The molecule has 0 aliphatic carbocycles. The summed E-state index contributed by atoms with van der Waals surface area (Å²) < 4.78 is 0. The highest BCUT2D eigenvalue weighted by atomic mass is 16.3. The maximum absolute atomic E-state index is 12.5. The smallest absolute Gasteiger partial charge is 0.254 e. The fourth-order valence-electron chi connectivity index (χ4n) is 3.49. The number of aromatic nitrogens is 1. The molecule has 1 aliphatic heterocycles. The Morgan fingerprint density at radius 1 is 1.21 bits per heavy atom. The van der Waals surface area contributed by atoms with Crippen molar-refractivity contribution in [1.29, 1.82) is 5.26 Å². The maximum atomic E-state index is 12.5. The summed E-state index contributed by atoms with van der Waals surface area (Å²) in [5.41, 5.74) is 2.22. The molecule has 1 saturated heterocycles. The van der Waals surface area contributed by atoms with Crippen LogP contribution in [0.15, 0.2) is 53.3 Å². The van der Waals surface area contributed by atoms with Crippen molar-refractivity contribution in [1.82, 2.24) is 4.98 Å². The number of anilines is 2. The molecule has 1 fully saturated rings. The molecule has 28 heavy (non-hydrogen) atoms. The molecule has 0 unspecified atom stereocenters. The second-order valence-corrected chi connectivity index (χ2v) is 6.80. The number of fused-ring (bicyclic) bond motifs is 1. The number of aromatic amines is 1. The van der Waals surface area contributed by atoms with Gasteiger partial charge in [0.05, 0.1) is 35.2 Å². The Labute approximate surface area is 160 Å². The lowest BCUT2D eigenvalue weighted by molar-refractivity contribution is -0.120. The van der Waals surface area contributed by atoms with Crippen molar-refractivity contribution in [3.05, 3.63) is 64.4 Å². The van der Waals surface area contributed by atoms with Crippen LogP contribution in [0, 0.1) is 17.2 Å². The number of phenols is 1. The van der Waals surface area contributed by atoms with E-state index in [2.05, 4.69) is 16.4 Å². The number of hydrogen-bond donors (Lipinski definition) is 3. The van der Waals surface area contributed by atoms with Gasteiger partial charge in [-0.1, -0.05) is 18.2 Å². The van der Waals surface area contributed by atoms with Gasteiger partial charge >= 0.3 is 0 Å². The minimum atomic E-state index is -0.271. The first kappa shape index (κ1) is 17.6. The molecule has 1 aromatic heterocycles. The number of aromatic hydroxyl groups is 1. The Kier molecular flexibility index (Phi) is 4.45. The van der Waals surface area contributed by atoms with E-state index in [-0.39, 0.29) is 29.6 Å². The molecule has 7 heteroatoms. The van der Waals surface area contributed by atoms with E-state index in [9.17, 15) is 14.7 Å². The number of amides is 1. The molecule has 3 aromatic rings. The molecule has 1 amide bonds. The number of rotatable bonds is 4. The zero-order chi connectivity index (χ0) is 19.7. The van der Waals surface area contributed by atoms with E-state index in [4.69, 9.17) is 5.26 Å². The highest BCUT2D eigenvalue weighted by Gasteiger charge is 2.35. The van der Waals surface area contributed by atoms with Crippen LogP contribution in [0.1, 0.15) is 5.56 Å². The molecule has 0 saturated carbocycles. The third-order valence-corrected chi connectivity index (χ3v) is 4.95. The first-order valence-electron chi connectivity index (χ1n) is 8.92. The summed E-state index contributed by atoms with van der Waals surface area (Å²) in [4.78, 5) is 29.7. The zero-order valence-corrected chi connectivity index (χ0v) is 15.0. The van der Waals surface area contributed by atoms with Gasteiger partial charge in [-0.25, -0.2) is 0 Å². The summed E-state index contributed by atoms with van der Waals surface area (Å²) >= 11 is 0. The molecule has 3 N–H and O–H groups in total. The van der Waals surface area contributed by atoms with Crippen LogP contribution in [0.3, 0.4) is 0 Å². The van der Waals surface area contributed by atoms with Crippen molar-refractivity contribution in [2.75, 3.05) is 23.3 Å². The van der Waals surface area contributed by atoms with Crippen LogP contribution < -0.4 is 15.8 Å². The Morgan fingerprint density at radius 2 is 1.93 bits per heavy atom. The second kappa shape index (κ2) is 7.08. The van der Waals surface area contributed by atoms with Gasteiger partial charge in [0.2, 0.25) is 5.91 Å². The summed E-state index contributed by atoms with van der Waals surface area (Å²) in [7, 11) is 0. The van der Waals surface area contributed by atoms with Gasteiger partial charge in [-0.15, -0.1) is 0 Å². The molecular weight excluding hydrogens is 356 g/mol. The molecule has 0 atom stereocenters. The number of nitrogens with one attached hydrogen (secondary N) is 2. The topological polar surface area (TPSA) is 109 Å². The van der Waals surface area contributed by atoms with E-state index < -0.39 is 0 Å². The van der Waals surface area contributed by atoms with Crippen molar-refractivity contribution in [3.8, 4) is 11.8 Å². The number of carbonyl (C=O) groups excluding carboxylic acids is 1. The molecule has 0 radical (unpaired) electrons. The van der Waals surface area contributed by atoms with Crippen LogP contribution in [0.2, 0.25) is 0 Å². The first-order valence-corrected chi connectivity index (χ1v) is 8.92. The van der Waals surface area contributed by atoms with E-state index in [1.54, 1.807) is 12.1 Å². The summed E-state index contributed by atoms with van der Waals surface area (Å²) in [6.45, 7) is 0.936. The summed E-state index contributed by atoms with van der Waals surface area (Å²) in [5, 5.41) is 22.2. The number of hydrogen-bond acceptors (Lipinski definition) is 5. The SMILES string of the molecule is N#CCc1c(N2CC(C(=O)Nc3ccc(O)cc3)C2)c2ccccc2[nH]c1=O. The number of pyridine rings is 1. The lowest BCUT2D eigenvalue weighted by atomic mass is 9.95. The number of H-pyrrole nitrogens is 1. The number of carbonyl (C=O) groups is 1. The molecule has 140 valence electrons. The van der Waals surface area contributed by atoms with E-state index in [1.807, 2.05) is 29.2 Å². The molecule has 4 rings (SSSR count). The predicted molar refractivity (Wildman–Crippen MR) is 106 cm³/mol. The van der Waals surface area contributed by atoms with Crippen molar-refractivity contribution >= 4 is 28.2 Å². The highest BCUT2D eigenvalue weighted by molar-refractivity contribution is 5.97. The Bertz CT molecular complexity index is 1140. The maximum Gasteiger partial charge on any atom is 0.254 e. The van der Waals surface area contributed by atoms with Crippen LogP contribution >= 0.6 is 0 Å². The molecule has 7 nitrogen and oxygen atoms in total. The second-order valence-electron chi connectivity index (χ2n) is 6.80. The molecular formula is C21H18N4O3. The lowest BCUT2D eigenvalue weighted by Crippen LogP contribution is -2.53. The van der Waals surface area contributed by atoms with E-state index in [0.717, 1.165) is 11.1 Å². The highest BCUT2D eigenvalue weighted by Crippen LogP contribution is 2.33. The van der Waals surface area contributed by atoms with E-state index >= 15 is 0 Å². The van der Waals surface area contributed by atoms with Gasteiger partial charge in [-0.05, 0) is 30.3 Å². The van der Waals surface area contributed by atoms with Gasteiger partial charge in [-0.3, -0.25) is 9.59 Å². The third kappa shape index (κ3) is 3.16. The largest absolute Gasteiger partial charge is 0.508 e. The number of para-hydroxylation sites is 1. The Morgan fingerprint density at radius 3 is 2.64 bits per heavy atom. The van der Waals surface area contributed by atoms with Gasteiger partial charge in [0.25, 0.3) is 5.56 Å².